The maximum atomic E-state index is 12.8. The van der Waals surface area contributed by atoms with Gasteiger partial charge in [-0.05, 0) is 43.2 Å². The molecule has 1 fully saturated rings. The van der Waals surface area contributed by atoms with Gasteiger partial charge in [0.05, 0.1) is 22.5 Å². The Morgan fingerprint density at radius 2 is 1.94 bits per heavy atom. The van der Waals surface area contributed by atoms with E-state index in [1.54, 1.807) is 18.2 Å². The summed E-state index contributed by atoms with van der Waals surface area (Å²) in [4.78, 5) is 24.7. The number of aryl methyl sites for hydroxylation is 1. The second-order valence-electron chi connectivity index (χ2n) is 7.41. The molecule has 1 aliphatic heterocycles. The van der Waals surface area contributed by atoms with E-state index in [1.165, 1.54) is 34.2 Å². The van der Waals surface area contributed by atoms with Crippen LogP contribution in [0.25, 0.3) is 11.1 Å². The number of halogens is 1. The Bertz CT molecular complexity index is 1330. The molecule has 4 rings (SSSR count). The minimum Gasteiger partial charge on any atom is -0.495 e. The SMILES string of the molecule is COc1ccc(NC(=O)CCn2c(=O)oc3cc(S(=O)(=O)N4CCCC4)ccc32)cc1Cl. The number of carbonyl (C=O) groups is 1. The Labute approximate surface area is 189 Å². The van der Waals surface area contributed by atoms with Gasteiger partial charge in [-0.2, -0.15) is 4.31 Å². The van der Waals surface area contributed by atoms with Gasteiger partial charge in [-0.3, -0.25) is 9.36 Å². The average molecular weight is 480 g/mol. The number of amides is 1. The highest BCUT2D eigenvalue weighted by atomic mass is 35.5. The Morgan fingerprint density at radius 3 is 2.62 bits per heavy atom. The second kappa shape index (κ2) is 8.97. The molecule has 0 spiro atoms. The van der Waals surface area contributed by atoms with Crippen LogP contribution in [-0.2, 0) is 21.4 Å². The van der Waals surface area contributed by atoms with Crippen LogP contribution in [0.3, 0.4) is 0 Å². The molecule has 1 amide bonds. The monoisotopic (exact) mass is 479 g/mol. The first kappa shape index (κ1) is 22.4. The molecule has 32 heavy (non-hydrogen) atoms. The summed E-state index contributed by atoms with van der Waals surface area (Å²) < 4.78 is 38.6. The third-order valence-electron chi connectivity index (χ3n) is 5.34. The number of nitrogens with zero attached hydrogens (tertiary/aromatic N) is 2. The lowest BCUT2D eigenvalue weighted by Crippen LogP contribution is -2.27. The second-order valence-corrected chi connectivity index (χ2v) is 9.75. The van der Waals surface area contributed by atoms with Gasteiger partial charge in [0.25, 0.3) is 0 Å². The summed E-state index contributed by atoms with van der Waals surface area (Å²) in [5.41, 5.74) is 1.09. The zero-order valence-electron chi connectivity index (χ0n) is 17.3. The van der Waals surface area contributed by atoms with Crippen molar-refractivity contribution in [3.05, 3.63) is 52.0 Å². The van der Waals surface area contributed by atoms with Gasteiger partial charge in [0.15, 0.2) is 5.58 Å². The summed E-state index contributed by atoms with van der Waals surface area (Å²) in [6.07, 6.45) is 1.67. The van der Waals surface area contributed by atoms with Crippen molar-refractivity contribution in [2.75, 3.05) is 25.5 Å². The van der Waals surface area contributed by atoms with E-state index >= 15 is 0 Å². The number of nitrogens with one attached hydrogen (secondary N) is 1. The van der Waals surface area contributed by atoms with E-state index in [0.29, 0.717) is 35.1 Å². The summed E-state index contributed by atoms with van der Waals surface area (Å²) in [5, 5.41) is 3.08. The maximum absolute atomic E-state index is 12.8. The number of aromatic nitrogens is 1. The number of hydrogen-bond donors (Lipinski definition) is 1. The first-order chi connectivity index (χ1) is 15.3. The molecule has 3 aromatic rings. The van der Waals surface area contributed by atoms with Crippen molar-refractivity contribution < 1.29 is 22.4 Å². The van der Waals surface area contributed by atoms with Crippen LogP contribution in [0.4, 0.5) is 5.69 Å². The normalized spacial score (nSPS) is 14.7. The van der Waals surface area contributed by atoms with Crippen LogP contribution in [-0.4, -0.2) is 43.4 Å². The van der Waals surface area contributed by atoms with E-state index in [0.717, 1.165) is 12.8 Å². The van der Waals surface area contributed by atoms with E-state index in [4.69, 9.17) is 20.8 Å². The molecule has 1 aliphatic rings. The van der Waals surface area contributed by atoms with Crippen LogP contribution < -0.4 is 15.8 Å². The van der Waals surface area contributed by atoms with Gasteiger partial charge in [0, 0.05) is 37.8 Å². The standard InChI is InChI=1S/C21H22ClN3O6S/c1-30-18-7-4-14(12-16(18)22)23-20(26)8-11-25-17-6-5-15(13-19(17)31-21(25)27)32(28,29)24-9-2-3-10-24/h4-7,12-13H,2-3,8-11H2,1H3,(H,23,26). The van der Waals surface area contributed by atoms with Crippen LogP contribution in [0.5, 0.6) is 5.75 Å². The molecule has 0 unspecified atom stereocenters. The van der Waals surface area contributed by atoms with Gasteiger partial charge < -0.3 is 14.5 Å². The first-order valence-electron chi connectivity index (χ1n) is 10.1. The molecule has 0 atom stereocenters. The average Bonchev–Trinajstić information content (AvgIpc) is 3.40. The fraction of sp³-hybridized carbons (Fsp3) is 0.333. The molecule has 2 heterocycles. The molecule has 1 N–H and O–H groups in total. The van der Waals surface area contributed by atoms with Crippen molar-refractivity contribution in [1.82, 2.24) is 8.87 Å². The number of benzene rings is 2. The van der Waals surface area contributed by atoms with Crippen LogP contribution in [0, 0.1) is 0 Å². The van der Waals surface area contributed by atoms with Gasteiger partial charge >= 0.3 is 5.76 Å². The number of methoxy groups -OCH3 is 1. The van der Waals surface area contributed by atoms with Gasteiger partial charge in [-0.25, -0.2) is 13.2 Å². The smallest absolute Gasteiger partial charge is 0.419 e. The quantitative estimate of drug-likeness (QED) is 0.557. The molecular weight excluding hydrogens is 458 g/mol. The predicted octanol–water partition coefficient (Wildman–Crippen LogP) is 3.07. The first-order valence-corrected chi connectivity index (χ1v) is 11.9. The summed E-state index contributed by atoms with van der Waals surface area (Å²) >= 11 is 6.06. The third-order valence-corrected chi connectivity index (χ3v) is 7.53. The summed E-state index contributed by atoms with van der Waals surface area (Å²) in [6, 6.07) is 9.22. The molecule has 0 radical (unpaired) electrons. The number of anilines is 1. The maximum Gasteiger partial charge on any atom is 0.419 e. The van der Waals surface area contributed by atoms with Crippen LogP contribution in [0.15, 0.2) is 50.5 Å². The molecule has 11 heteroatoms. The number of oxazole rings is 1. The lowest BCUT2D eigenvalue weighted by atomic mass is 10.2. The van der Waals surface area contributed by atoms with Crippen LogP contribution in [0.2, 0.25) is 5.02 Å². The summed E-state index contributed by atoms with van der Waals surface area (Å²) in [7, 11) is -2.13. The van der Waals surface area contributed by atoms with E-state index < -0.39 is 15.8 Å². The largest absolute Gasteiger partial charge is 0.495 e. The summed E-state index contributed by atoms with van der Waals surface area (Å²) in [5.74, 6) is -0.482. The number of sulfonamides is 1. The number of hydrogen-bond acceptors (Lipinski definition) is 6. The third kappa shape index (κ3) is 4.38. The highest BCUT2D eigenvalue weighted by Gasteiger charge is 2.28. The fourth-order valence-electron chi connectivity index (χ4n) is 3.68. The predicted molar refractivity (Wildman–Crippen MR) is 120 cm³/mol. The minimum atomic E-state index is -3.62. The molecule has 0 aliphatic carbocycles. The van der Waals surface area contributed by atoms with Gasteiger partial charge in [0.1, 0.15) is 5.75 Å². The van der Waals surface area contributed by atoms with Crippen molar-refractivity contribution in [1.29, 1.82) is 0 Å². The molecular formula is C21H22ClN3O6S. The fourth-order valence-corrected chi connectivity index (χ4v) is 5.47. The number of carbonyl (C=O) groups excluding carboxylic acids is 1. The molecule has 1 saturated heterocycles. The van der Waals surface area contributed by atoms with Crippen molar-refractivity contribution in [3.8, 4) is 5.75 Å². The van der Waals surface area contributed by atoms with Crippen molar-refractivity contribution in [2.24, 2.45) is 0 Å². The van der Waals surface area contributed by atoms with E-state index in [-0.39, 0.29) is 29.4 Å². The lowest BCUT2D eigenvalue weighted by molar-refractivity contribution is -0.116. The Kier molecular flexibility index (Phi) is 6.27. The molecule has 9 nitrogen and oxygen atoms in total. The highest BCUT2D eigenvalue weighted by Crippen LogP contribution is 2.27. The topological polar surface area (TPSA) is 111 Å². The lowest BCUT2D eigenvalue weighted by Gasteiger charge is -2.15. The molecule has 1 aromatic heterocycles. The van der Waals surface area contributed by atoms with Gasteiger partial charge in [0.2, 0.25) is 15.9 Å². The van der Waals surface area contributed by atoms with Crippen molar-refractivity contribution >= 4 is 44.3 Å². The van der Waals surface area contributed by atoms with E-state index in [9.17, 15) is 18.0 Å². The number of ether oxygens (including phenoxy) is 1. The van der Waals surface area contributed by atoms with Crippen LogP contribution >= 0.6 is 11.6 Å². The van der Waals surface area contributed by atoms with Crippen molar-refractivity contribution in [2.45, 2.75) is 30.7 Å². The van der Waals surface area contributed by atoms with E-state index in [2.05, 4.69) is 5.32 Å². The molecule has 0 saturated carbocycles. The Hall–Kier alpha value is -2.82. The van der Waals surface area contributed by atoms with Gasteiger partial charge in [-0.1, -0.05) is 11.6 Å². The van der Waals surface area contributed by atoms with Crippen molar-refractivity contribution in [3.63, 3.8) is 0 Å². The zero-order chi connectivity index (χ0) is 22.9. The molecule has 0 bridgehead atoms. The van der Waals surface area contributed by atoms with Crippen LogP contribution in [0.1, 0.15) is 19.3 Å². The Balaban J connectivity index is 1.48. The minimum absolute atomic E-state index is 0.00597. The highest BCUT2D eigenvalue weighted by molar-refractivity contribution is 7.89. The summed E-state index contributed by atoms with van der Waals surface area (Å²) in [6.45, 7) is 1.04. The number of fused-ring (bicyclic) bond motifs is 1. The number of rotatable bonds is 7. The van der Waals surface area contributed by atoms with E-state index in [1.807, 2.05) is 0 Å². The van der Waals surface area contributed by atoms with Gasteiger partial charge in [-0.15, -0.1) is 0 Å². The molecule has 170 valence electrons. The Morgan fingerprint density at radius 1 is 1.19 bits per heavy atom. The molecule has 2 aromatic carbocycles. The zero-order valence-corrected chi connectivity index (χ0v) is 18.9.